The first-order chi connectivity index (χ1) is 10.9. The highest BCUT2D eigenvalue weighted by molar-refractivity contribution is 7.98. The molecule has 7 heteroatoms. The molecule has 0 saturated carbocycles. The molecule has 0 amide bonds. The van der Waals surface area contributed by atoms with Crippen molar-refractivity contribution in [3.8, 4) is 0 Å². The SMILES string of the molecule is COC(=O)c1cnc(SCc2cc(C)ccc2C)c([N+](=O)[O-])c1. The van der Waals surface area contributed by atoms with Crippen molar-refractivity contribution in [1.82, 2.24) is 4.98 Å². The summed E-state index contributed by atoms with van der Waals surface area (Å²) in [5, 5.41) is 11.5. The van der Waals surface area contributed by atoms with Crippen LogP contribution in [0.3, 0.4) is 0 Å². The van der Waals surface area contributed by atoms with Crippen molar-refractivity contribution in [1.29, 1.82) is 0 Å². The third kappa shape index (κ3) is 4.07. The van der Waals surface area contributed by atoms with Crippen LogP contribution in [-0.2, 0) is 10.5 Å². The van der Waals surface area contributed by atoms with Gasteiger partial charge < -0.3 is 4.74 Å². The summed E-state index contributed by atoms with van der Waals surface area (Å²) < 4.78 is 4.56. The lowest BCUT2D eigenvalue weighted by atomic mass is 10.1. The Labute approximate surface area is 138 Å². The zero-order valence-electron chi connectivity index (χ0n) is 13.0. The van der Waals surface area contributed by atoms with Crippen LogP contribution >= 0.6 is 11.8 Å². The van der Waals surface area contributed by atoms with Crippen LogP contribution in [0.5, 0.6) is 0 Å². The molecule has 0 aliphatic carbocycles. The summed E-state index contributed by atoms with van der Waals surface area (Å²) >= 11 is 1.27. The van der Waals surface area contributed by atoms with Crippen molar-refractivity contribution in [3.63, 3.8) is 0 Å². The summed E-state index contributed by atoms with van der Waals surface area (Å²) in [5.74, 6) is -0.0782. The fourth-order valence-electron chi connectivity index (χ4n) is 2.01. The first-order valence-corrected chi connectivity index (χ1v) is 7.82. The number of aromatic nitrogens is 1. The van der Waals surface area contributed by atoms with Gasteiger partial charge in [0.1, 0.15) is 0 Å². The predicted octanol–water partition coefficient (Wildman–Crippen LogP) is 3.69. The Balaban J connectivity index is 2.27. The van der Waals surface area contributed by atoms with Gasteiger partial charge in [0.15, 0.2) is 5.03 Å². The van der Waals surface area contributed by atoms with Crippen LogP contribution in [0.25, 0.3) is 0 Å². The molecule has 1 aromatic heterocycles. The average molecular weight is 332 g/mol. The quantitative estimate of drug-likeness (QED) is 0.359. The van der Waals surface area contributed by atoms with Gasteiger partial charge in [0, 0.05) is 18.0 Å². The molecule has 1 heterocycles. The fourth-order valence-corrected chi connectivity index (χ4v) is 3.03. The molecular formula is C16H16N2O4S. The van der Waals surface area contributed by atoms with Gasteiger partial charge in [-0.05, 0) is 25.0 Å². The lowest BCUT2D eigenvalue weighted by molar-refractivity contribution is -0.388. The fraction of sp³-hybridized carbons (Fsp3) is 0.250. The van der Waals surface area contributed by atoms with E-state index < -0.39 is 10.9 Å². The number of ether oxygens (including phenoxy) is 1. The number of methoxy groups -OCH3 is 1. The zero-order chi connectivity index (χ0) is 17.0. The maximum atomic E-state index is 11.5. The largest absolute Gasteiger partial charge is 0.465 e. The van der Waals surface area contributed by atoms with Gasteiger partial charge >= 0.3 is 11.7 Å². The molecule has 6 nitrogen and oxygen atoms in total. The molecule has 0 radical (unpaired) electrons. The molecule has 23 heavy (non-hydrogen) atoms. The van der Waals surface area contributed by atoms with Crippen LogP contribution in [0.1, 0.15) is 27.0 Å². The summed E-state index contributed by atoms with van der Waals surface area (Å²) in [5.41, 5.74) is 3.23. The second kappa shape index (κ2) is 7.23. The molecule has 0 fully saturated rings. The van der Waals surface area contributed by atoms with E-state index in [1.54, 1.807) is 0 Å². The van der Waals surface area contributed by atoms with E-state index in [1.165, 1.54) is 31.1 Å². The number of pyridine rings is 1. The van der Waals surface area contributed by atoms with E-state index in [-0.39, 0.29) is 16.3 Å². The number of carbonyl (C=O) groups excluding carboxylic acids is 1. The number of hydrogen-bond donors (Lipinski definition) is 0. The van der Waals surface area contributed by atoms with E-state index in [0.717, 1.165) is 16.7 Å². The molecule has 0 atom stereocenters. The highest BCUT2D eigenvalue weighted by Crippen LogP contribution is 2.31. The number of thioether (sulfide) groups is 1. The summed E-state index contributed by atoms with van der Waals surface area (Å²) in [6.45, 7) is 4.00. The Morgan fingerprint density at radius 3 is 2.74 bits per heavy atom. The van der Waals surface area contributed by atoms with Crippen molar-refractivity contribution < 1.29 is 14.5 Å². The Hall–Kier alpha value is -2.41. The smallest absolute Gasteiger partial charge is 0.339 e. The molecule has 0 saturated heterocycles. The monoisotopic (exact) mass is 332 g/mol. The van der Waals surface area contributed by atoms with Gasteiger partial charge in [0.2, 0.25) is 0 Å². The summed E-state index contributed by atoms with van der Waals surface area (Å²) in [7, 11) is 1.22. The molecule has 120 valence electrons. The van der Waals surface area contributed by atoms with Crippen molar-refractivity contribution in [3.05, 3.63) is 62.8 Å². The lowest BCUT2D eigenvalue weighted by Crippen LogP contribution is -2.04. The highest BCUT2D eigenvalue weighted by atomic mass is 32.2. The van der Waals surface area contributed by atoms with Gasteiger partial charge in [-0.15, -0.1) is 0 Å². The van der Waals surface area contributed by atoms with Crippen LogP contribution in [0.4, 0.5) is 5.69 Å². The molecule has 2 aromatic rings. The molecule has 2 rings (SSSR count). The highest BCUT2D eigenvalue weighted by Gasteiger charge is 2.20. The minimum absolute atomic E-state index is 0.0651. The molecule has 1 aromatic carbocycles. The van der Waals surface area contributed by atoms with E-state index in [2.05, 4.69) is 15.8 Å². The molecule has 0 aliphatic rings. The van der Waals surface area contributed by atoms with Gasteiger partial charge in [0.05, 0.1) is 17.6 Å². The third-order valence-corrected chi connectivity index (χ3v) is 4.36. The maximum Gasteiger partial charge on any atom is 0.339 e. The van der Waals surface area contributed by atoms with Gasteiger partial charge in [-0.3, -0.25) is 10.1 Å². The summed E-state index contributed by atoms with van der Waals surface area (Å²) in [4.78, 5) is 26.2. The second-order valence-corrected chi connectivity index (χ2v) is 5.98. The van der Waals surface area contributed by atoms with Crippen LogP contribution in [0.2, 0.25) is 0 Å². The number of rotatable bonds is 5. The molecule has 0 unspecified atom stereocenters. The average Bonchev–Trinajstić information content (AvgIpc) is 2.54. The number of nitro groups is 1. The Morgan fingerprint density at radius 2 is 2.09 bits per heavy atom. The van der Waals surface area contributed by atoms with E-state index >= 15 is 0 Å². The topological polar surface area (TPSA) is 82.3 Å². The van der Waals surface area contributed by atoms with Crippen LogP contribution in [0, 0.1) is 24.0 Å². The molecule has 0 N–H and O–H groups in total. The Morgan fingerprint density at radius 1 is 1.35 bits per heavy atom. The van der Waals surface area contributed by atoms with E-state index in [1.807, 2.05) is 26.0 Å². The molecule has 0 spiro atoms. The van der Waals surface area contributed by atoms with Crippen molar-refractivity contribution in [2.75, 3.05) is 7.11 Å². The summed E-state index contributed by atoms with van der Waals surface area (Å²) in [6, 6.07) is 7.30. The third-order valence-electron chi connectivity index (χ3n) is 3.32. The number of benzene rings is 1. The normalized spacial score (nSPS) is 10.4. The number of aryl methyl sites for hydroxylation is 2. The maximum absolute atomic E-state index is 11.5. The van der Waals surface area contributed by atoms with Crippen LogP contribution in [-0.4, -0.2) is 23.0 Å². The van der Waals surface area contributed by atoms with E-state index in [4.69, 9.17) is 0 Å². The van der Waals surface area contributed by atoms with Gasteiger partial charge in [-0.25, -0.2) is 9.78 Å². The van der Waals surface area contributed by atoms with Crippen molar-refractivity contribution in [2.45, 2.75) is 24.6 Å². The van der Waals surface area contributed by atoms with Gasteiger partial charge in [-0.2, -0.15) is 0 Å². The Bertz CT molecular complexity index is 762. The minimum Gasteiger partial charge on any atom is -0.465 e. The zero-order valence-corrected chi connectivity index (χ0v) is 13.8. The summed E-state index contributed by atoms with van der Waals surface area (Å²) in [6.07, 6.45) is 1.30. The number of nitrogens with zero attached hydrogens (tertiary/aromatic N) is 2. The van der Waals surface area contributed by atoms with E-state index in [0.29, 0.717) is 5.75 Å². The lowest BCUT2D eigenvalue weighted by Gasteiger charge is -2.07. The van der Waals surface area contributed by atoms with Crippen molar-refractivity contribution in [2.24, 2.45) is 0 Å². The predicted molar refractivity (Wildman–Crippen MR) is 87.7 cm³/mol. The molecule has 0 bridgehead atoms. The first kappa shape index (κ1) is 17.0. The molecular weight excluding hydrogens is 316 g/mol. The van der Waals surface area contributed by atoms with Crippen LogP contribution in [0.15, 0.2) is 35.5 Å². The van der Waals surface area contributed by atoms with Crippen molar-refractivity contribution >= 4 is 23.4 Å². The molecule has 0 aliphatic heterocycles. The number of hydrogen-bond acceptors (Lipinski definition) is 6. The second-order valence-electron chi connectivity index (χ2n) is 5.02. The standard InChI is InChI=1S/C16H16N2O4S/c1-10-4-5-11(2)13(6-10)9-23-15-14(18(20)21)7-12(8-17-15)16(19)22-3/h4-8H,9H2,1-3H3. The van der Waals surface area contributed by atoms with Gasteiger partial charge in [0.25, 0.3) is 0 Å². The van der Waals surface area contributed by atoms with E-state index in [9.17, 15) is 14.9 Å². The minimum atomic E-state index is -0.647. The Kier molecular flexibility index (Phi) is 5.33. The number of esters is 1. The first-order valence-electron chi connectivity index (χ1n) is 6.84. The number of carbonyl (C=O) groups is 1. The van der Waals surface area contributed by atoms with Gasteiger partial charge in [-0.1, -0.05) is 35.5 Å². The van der Waals surface area contributed by atoms with Crippen LogP contribution < -0.4 is 0 Å².